The summed E-state index contributed by atoms with van der Waals surface area (Å²) in [6, 6.07) is 0. The zero-order valence-electron chi connectivity index (χ0n) is 12.3. The Balaban J connectivity index is 0.00000180. The van der Waals surface area contributed by atoms with Gasteiger partial charge in [-0.3, -0.25) is 4.99 Å². The second-order valence-electron chi connectivity index (χ2n) is 5.97. The van der Waals surface area contributed by atoms with Crippen molar-refractivity contribution in [3.8, 4) is 0 Å². The van der Waals surface area contributed by atoms with E-state index in [9.17, 15) is 0 Å². The first-order chi connectivity index (χ1) is 8.88. The fourth-order valence-corrected chi connectivity index (χ4v) is 2.85. The SMILES string of the molecule is CN=C(NCCCCC1CCCC1)NCC1CC1.I. The molecule has 0 bridgehead atoms. The lowest BCUT2D eigenvalue weighted by atomic mass is 10.0. The van der Waals surface area contributed by atoms with Crippen LogP contribution in [0.1, 0.15) is 57.8 Å². The first-order valence-electron chi connectivity index (χ1n) is 7.83. The van der Waals surface area contributed by atoms with Gasteiger partial charge in [0.15, 0.2) is 5.96 Å². The molecule has 2 aliphatic rings. The molecule has 0 unspecified atom stereocenters. The number of unbranched alkanes of at least 4 members (excludes halogenated alkanes) is 1. The maximum absolute atomic E-state index is 4.26. The molecule has 0 aromatic heterocycles. The summed E-state index contributed by atoms with van der Waals surface area (Å²) in [4.78, 5) is 4.26. The van der Waals surface area contributed by atoms with Crippen molar-refractivity contribution in [2.75, 3.05) is 20.1 Å². The van der Waals surface area contributed by atoms with Crippen LogP contribution in [0.2, 0.25) is 0 Å². The van der Waals surface area contributed by atoms with E-state index in [1.54, 1.807) is 0 Å². The highest BCUT2D eigenvalue weighted by Crippen LogP contribution is 2.29. The summed E-state index contributed by atoms with van der Waals surface area (Å²) in [5.41, 5.74) is 0. The van der Waals surface area contributed by atoms with Crippen LogP contribution in [0.15, 0.2) is 4.99 Å². The van der Waals surface area contributed by atoms with Crippen LogP contribution in [0.4, 0.5) is 0 Å². The molecule has 2 N–H and O–H groups in total. The summed E-state index contributed by atoms with van der Waals surface area (Å²) >= 11 is 0. The summed E-state index contributed by atoms with van der Waals surface area (Å²) in [6.07, 6.45) is 12.8. The van der Waals surface area contributed by atoms with E-state index in [4.69, 9.17) is 0 Å². The van der Waals surface area contributed by atoms with Gasteiger partial charge in [0.25, 0.3) is 0 Å². The maximum Gasteiger partial charge on any atom is 0.190 e. The molecule has 0 aromatic rings. The van der Waals surface area contributed by atoms with Crippen molar-refractivity contribution in [1.29, 1.82) is 0 Å². The van der Waals surface area contributed by atoms with Gasteiger partial charge in [0.1, 0.15) is 0 Å². The zero-order chi connectivity index (χ0) is 12.6. The number of nitrogens with zero attached hydrogens (tertiary/aromatic N) is 1. The summed E-state index contributed by atoms with van der Waals surface area (Å²) in [7, 11) is 1.86. The van der Waals surface area contributed by atoms with Gasteiger partial charge in [0, 0.05) is 20.1 Å². The molecule has 3 nitrogen and oxygen atoms in total. The summed E-state index contributed by atoms with van der Waals surface area (Å²) in [5, 5.41) is 6.82. The smallest absolute Gasteiger partial charge is 0.190 e. The second-order valence-corrected chi connectivity index (χ2v) is 5.97. The number of hydrogen-bond acceptors (Lipinski definition) is 1. The molecule has 0 radical (unpaired) electrons. The summed E-state index contributed by atoms with van der Waals surface area (Å²) < 4.78 is 0. The fourth-order valence-electron chi connectivity index (χ4n) is 2.85. The number of aliphatic imine (C=N–C) groups is 1. The third-order valence-electron chi connectivity index (χ3n) is 4.29. The van der Waals surface area contributed by atoms with E-state index >= 15 is 0 Å². The quantitative estimate of drug-likeness (QED) is 0.307. The monoisotopic (exact) mass is 379 g/mol. The van der Waals surface area contributed by atoms with Crippen LogP contribution < -0.4 is 10.6 Å². The lowest BCUT2D eigenvalue weighted by Gasteiger charge is -2.12. The van der Waals surface area contributed by atoms with Gasteiger partial charge in [-0.25, -0.2) is 0 Å². The normalized spacial score (nSPS) is 20.2. The topological polar surface area (TPSA) is 36.4 Å². The molecule has 0 heterocycles. The van der Waals surface area contributed by atoms with Crippen LogP contribution >= 0.6 is 24.0 Å². The van der Waals surface area contributed by atoms with Gasteiger partial charge in [-0.2, -0.15) is 0 Å². The van der Waals surface area contributed by atoms with Crippen molar-refractivity contribution < 1.29 is 0 Å². The van der Waals surface area contributed by atoms with E-state index in [0.29, 0.717) is 0 Å². The highest BCUT2D eigenvalue weighted by Gasteiger charge is 2.21. The predicted molar refractivity (Wildman–Crippen MR) is 93.3 cm³/mol. The minimum Gasteiger partial charge on any atom is -0.356 e. The average molecular weight is 379 g/mol. The van der Waals surface area contributed by atoms with Crippen molar-refractivity contribution >= 4 is 29.9 Å². The van der Waals surface area contributed by atoms with E-state index in [1.165, 1.54) is 57.8 Å². The van der Waals surface area contributed by atoms with Crippen LogP contribution in [0, 0.1) is 11.8 Å². The first kappa shape index (κ1) is 17.1. The molecular formula is C15H30IN3. The molecule has 0 aliphatic heterocycles. The number of rotatable bonds is 7. The Labute approximate surface area is 135 Å². The van der Waals surface area contributed by atoms with Crippen LogP contribution in [0.25, 0.3) is 0 Å². The van der Waals surface area contributed by atoms with Gasteiger partial charge in [-0.1, -0.05) is 38.5 Å². The van der Waals surface area contributed by atoms with Gasteiger partial charge in [0.05, 0.1) is 0 Å². The van der Waals surface area contributed by atoms with Crippen LogP contribution in [-0.4, -0.2) is 26.1 Å². The molecule has 19 heavy (non-hydrogen) atoms. The molecule has 112 valence electrons. The third kappa shape index (κ3) is 7.37. The van der Waals surface area contributed by atoms with Crippen molar-refractivity contribution in [2.45, 2.75) is 57.8 Å². The lowest BCUT2D eigenvalue weighted by Crippen LogP contribution is -2.38. The van der Waals surface area contributed by atoms with E-state index in [0.717, 1.165) is 30.9 Å². The van der Waals surface area contributed by atoms with E-state index in [2.05, 4.69) is 15.6 Å². The average Bonchev–Trinajstić information content (AvgIpc) is 3.07. The lowest BCUT2D eigenvalue weighted by molar-refractivity contribution is 0.472. The highest BCUT2D eigenvalue weighted by molar-refractivity contribution is 14.0. The molecule has 0 spiro atoms. The van der Waals surface area contributed by atoms with Gasteiger partial charge in [0.2, 0.25) is 0 Å². The standard InChI is InChI=1S/C15H29N3.HI/c1-16-15(18-12-14-9-10-14)17-11-5-4-8-13-6-2-3-7-13;/h13-14H,2-12H2,1H3,(H2,16,17,18);1H. The molecule has 2 rings (SSSR count). The maximum atomic E-state index is 4.26. The minimum atomic E-state index is 0. The molecule has 0 aromatic carbocycles. The first-order valence-corrected chi connectivity index (χ1v) is 7.83. The Morgan fingerprint density at radius 1 is 1.00 bits per heavy atom. The molecule has 2 fully saturated rings. The fraction of sp³-hybridized carbons (Fsp3) is 0.933. The van der Waals surface area contributed by atoms with Gasteiger partial charge in [-0.15, -0.1) is 24.0 Å². The molecule has 0 atom stereocenters. The van der Waals surface area contributed by atoms with Crippen LogP contribution in [0.3, 0.4) is 0 Å². The minimum absolute atomic E-state index is 0. The Kier molecular flexibility index (Phi) is 8.83. The van der Waals surface area contributed by atoms with Crippen molar-refractivity contribution in [2.24, 2.45) is 16.8 Å². The van der Waals surface area contributed by atoms with E-state index in [-0.39, 0.29) is 24.0 Å². The second kappa shape index (κ2) is 9.83. The zero-order valence-corrected chi connectivity index (χ0v) is 14.6. The predicted octanol–water partition coefficient (Wildman–Crippen LogP) is 3.54. The van der Waals surface area contributed by atoms with Crippen molar-refractivity contribution in [3.05, 3.63) is 0 Å². The van der Waals surface area contributed by atoms with E-state index in [1.807, 2.05) is 7.05 Å². The Morgan fingerprint density at radius 2 is 1.74 bits per heavy atom. The number of halogens is 1. The molecular weight excluding hydrogens is 349 g/mol. The third-order valence-corrected chi connectivity index (χ3v) is 4.29. The van der Waals surface area contributed by atoms with Crippen molar-refractivity contribution in [1.82, 2.24) is 10.6 Å². The Hall–Kier alpha value is 0. The Morgan fingerprint density at radius 3 is 2.37 bits per heavy atom. The summed E-state index contributed by atoms with van der Waals surface area (Å²) in [5.74, 6) is 2.94. The molecule has 0 saturated heterocycles. The van der Waals surface area contributed by atoms with Crippen LogP contribution in [0.5, 0.6) is 0 Å². The van der Waals surface area contributed by atoms with Gasteiger partial charge < -0.3 is 10.6 Å². The molecule has 0 amide bonds. The molecule has 2 aliphatic carbocycles. The number of hydrogen-bond donors (Lipinski definition) is 2. The molecule has 2 saturated carbocycles. The van der Waals surface area contributed by atoms with Gasteiger partial charge >= 0.3 is 0 Å². The van der Waals surface area contributed by atoms with E-state index < -0.39 is 0 Å². The van der Waals surface area contributed by atoms with Crippen molar-refractivity contribution in [3.63, 3.8) is 0 Å². The number of nitrogens with one attached hydrogen (secondary N) is 2. The summed E-state index contributed by atoms with van der Waals surface area (Å²) in [6.45, 7) is 2.17. The molecule has 4 heteroatoms. The highest BCUT2D eigenvalue weighted by atomic mass is 127. The van der Waals surface area contributed by atoms with Gasteiger partial charge in [-0.05, 0) is 31.1 Å². The Bertz CT molecular complexity index is 258. The van der Waals surface area contributed by atoms with Crippen LogP contribution in [-0.2, 0) is 0 Å². The largest absolute Gasteiger partial charge is 0.356 e. The number of guanidine groups is 1.